The third-order valence-electron chi connectivity index (χ3n) is 2.48. The Bertz CT molecular complexity index is 457. The second kappa shape index (κ2) is 6.15. The van der Waals surface area contributed by atoms with Crippen molar-refractivity contribution in [2.24, 2.45) is 0 Å². The van der Waals surface area contributed by atoms with Gasteiger partial charge in [0.2, 0.25) is 5.91 Å². The monoisotopic (exact) mass is 272 g/mol. The summed E-state index contributed by atoms with van der Waals surface area (Å²) in [6, 6.07) is 0. The molecule has 0 radical (unpaired) electrons. The van der Waals surface area contributed by atoms with Crippen LogP contribution in [0, 0.1) is 6.92 Å². The molecule has 1 aromatic heterocycles. The van der Waals surface area contributed by atoms with Crippen LogP contribution in [-0.2, 0) is 11.3 Å². The van der Waals surface area contributed by atoms with Gasteiger partial charge in [0.25, 0.3) is 0 Å². The molecule has 0 saturated carbocycles. The van der Waals surface area contributed by atoms with Crippen LogP contribution in [0.2, 0.25) is 0 Å². The summed E-state index contributed by atoms with van der Waals surface area (Å²) in [7, 11) is 0. The molecule has 0 aromatic carbocycles. The van der Waals surface area contributed by atoms with Crippen LogP contribution in [0.25, 0.3) is 0 Å². The van der Waals surface area contributed by atoms with Crippen molar-refractivity contribution in [1.82, 2.24) is 9.88 Å². The van der Waals surface area contributed by atoms with Gasteiger partial charge in [0, 0.05) is 30.6 Å². The Morgan fingerprint density at radius 1 is 1.56 bits per heavy atom. The van der Waals surface area contributed by atoms with Gasteiger partial charge in [-0.05, 0) is 27.2 Å². The molecule has 0 saturated heterocycles. The fourth-order valence-electron chi connectivity index (χ4n) is 1.48. The van der Waals surface area contributed by atoms with Crippen LogP contribution >= 0.6 is 11.3 Å². The van der Waals surface area contributed by atoms with Gasteiger partial charge in [0.15, 0.2) is 0 Å². The molecule has 18 heavy (non-hydrogen) atoms. The van der Waals surface area contributed by atoms with Gasteiger partial charge >= 0.3 is 4.87 Å². The van der Waals surface area contributed by atoms with Crippen molar-refractivity contribution in [3.05, 3.63) is 20.7 Å². The number of rotatable bonds is 6. The van der Waals surface area contributed by atoms with E-state index in [4.69, 9.17) is 0 Å². The number of nitrogens with one attached hydrogen (secondary N) is 1. The van der Waals surface area contributed by atoms with Gasteiger partial charge < -0.3 is 15.0 Å². The minimum absolute atomic E-state index is 0.0180. The number of thiazole rings is 1. The summed E-state index contributed by atoms with van der Waals surface area (Å²) in [5.41, 5.74) is 0.0400. The third-order valence-corrected chi connectivity index (χ3v) is 3.36. The van der Waals surface area contributed by atoms with E-state index < -0.39 is 5.60 Å². The van der Waals surface area contributed by atoms with Crippen LogP contribution < -0.4 is 10.2 Å². The van der Waals surface area contributed by atoms with Crippen LogP contribution in [0.4, 0.5) is 0 Å². The van der Waals surface area contributed by atoms with E-state index in [1.807, 2.05) is 12.3 Å². The molecule has 102 valence electrons. The average molecular weight is 272 g/mol. The topological polar surface area (TPSA) is 71.3 Å². The van der Waals surface area contributed by atoms with Gasteiger partial charge in [-0.1, -0.05) is 11.3 Å². The maximum Gasteiger partial charge on any atom is 0.307 e. The molecule has 0 bridgehead atoms. The van der Waals surface area contributed by atoms with E-state index in [0.717, 1.165) is 5.69 Å². The predicted molar refractivity (Wildman–Crippen MR) is 71.9 cm³/mol. The summed E-state index contributed by atoms with van der Waals surface area (Å²) >= 11 is 1.18. The smallest absolute Gasteiger partial charge is 0.307 e. The summed E-state index contributed by atoms with van der Waals surface area (Å²) in [5, 5.41) is 13.9. The Kier molecular flexibility index (Phi) is 5.10. The van der Waals surface area contributed by atoms with Crippen LogP contribution in [0.15, 0.2) is 10.2 Å². The van der Waals surface area contributed by atoms with E-state index in [-0.39, 0.29) is 17.3 Å². The number of hydrogen-bond donors (Lipinski definition) is 2. The molecule has 5 nitrogen and oxygen atoms in total. The average Bonchev–Trinajstić information content (AvgIpc) is 2.57. The van der Waals surface area contributed by atoms with Crippen LogP contribution in [0.3, 0.4) is 0 Å². The Morgan fingerprint density at radius 2 is 2.22 bits per heavy atom. The number of carbonyl (C=O) groups is 1. The minimum Gasteiger partial charge on any atom is -0.389 e. The lowest BCUT2D eigenvalue weighted by Gasteiger charge is -2.17. The molecule has 0 aliphatic carbocycles. The first-order chi connectivity index (χ1) is 8.29. The van der Waals surface area contributed by atoms with E-state index in [1.54, 1.807) is 18.4 Å². The molecule has 1 rings (SSSR count). The van der Waals surface area contributed by atoms with Gasteiger partial charge in [-0.25, -0.2) is 0 Å². The van der Waals surface area contributed by atoms with Crippen LogP contribution in [0.1, 0.15) is 32.4 Å². The summed E-state index contributed by atoms with van der Waals surface area (Å²) in [6.45, 7) is 5.96. The molecule has 1 heterocycles. The van der Waals surface area contributed by atoms with E-state index in [2.05, 4.69) is 5.32 Å². The largest absolute Gasteiger partial charge is 0.389 e. The fraction of sp³-hybridized carbons (Fsp3) is 0.667. The van der Waals surface area contributed by atoms with E-state index in [0.29, 0.717) is 19.4 Å². The highest BCUT2D eigenvalue weighted by atomic mass is 32.1. The van der Waals surface area contributed by atoms with Gasteiger partial charge in [-0.15, -0.1) is 0 Å². The highest BCUT2D eigenvalue weighted by molar-refractivity contribution is 7.07. The Labute approximate surface area is 110 Å². The minimum atomic E-state index is -0.892. The molecular formula is C12H20N2O3S. The molecule has 1 amide bonds. The predicted octanol–water partition coefficient (Wildman–Crippen LogP) is 0.886. The van der Waals surface area contributed by atoms with Crippen LogP contribution in [0.5, 0.6) is 0 Å². The van der Waals surface area contributed by atoms with Gasteiger partial charge in [-0.2, -0.15) is 0 Å². The van der Waals surface area contributed by atoms with Crippen molar-refractivity contribution in [3.8, 4) is 0 Å². The van der Waals surface area contributed by atoms with Crippen LogP contribution in [-0.4, -0.2) is 27.7 Å². The Morgan fingerprint density at radius 3 is 2.72 bits per heavy atom. The highest BCUT2D eigenvalue weighted by Crippen LogP contribution is 2.03. The first-order valence-corrected chi connectivity index (χ1v) is 6.81. The third kappa shape index (κ3) is 5.01. The summed E-state index contributed by atoms with van der Waals surface area (Å²) in [4.78, 5) is 22.9. The first kappa shape index (κ1) is 14.9. The summed E-state index contributed by atoms with van der Waals surface area (Å²) in [6.07, 6.45) is 0.979. The summed E-state index contributed by atoms with van der Waals surface area (Å²) in [5.74, 6) is -0.0990. The van der Waals surface area contributed by atoms with Crippen molar-refractivity contribution in [2.75, 3.05) is 6.54 Å². The first-order valence-electron chi connectivity index (χ1n) is 5.93. The fourth-order valence-corrected chi connectivity index (χ4v) is 2.24. The lowest BCUT2D eigenvalue weighted by Crippen LogP contribution is -2.38. The maximum absolute atomic E-state index is 11.5. The van der Waals surface area contributed by atoms with E-state index in [9.17, 15) is 14.7 Å². The Hall–Kier alpha value is -1.14. The molecule has 0 spiro atoms. The zero-order valence-electron chi connectivity index (χ0n) is 11.0. The number of aromatic nitrogens is 1. The molecule has 0 aliphatic heterocycles. The lowest BCUT2D eigenvalue weighted by atomic mass is 10.1. The number of nitrogens with zero attached hydrogens (tertiary/aromatic N) is 1. The molecular weight excluding hydrogens is 252 g/mol. The van der Waals surface area contributed by atoms with E-state index in [1.165, 1.54) is 11.3 Å². The normalized spacial score (nSPS) is 11.6. The Balaban J connectivity index is 2.30. The SMILES string of the molecule is Cc1csc(=O)n1CCCC(=O)NCC(C)(C)O. The van der Waals surface area contributed by atoms with Gasteiger partial charge in [0.1, 0.15) is 0 Å². The maximum atomic E-state index is 11.5. The van der Waals surface area contributed by atoms with Crippen molar-refractivity contribution >= 4 is 17.2 Å². The number of aliphatic hydroxyl groups is 1. The van der Waals surface area contributed by atoms with Gasteiger partial charge in [0.05, 0.1) is 5.60 Å². The van der Waals surface area contributed by atoms with E-state index >= 15 is 0 Å². The molecule has 0 unspecified atom stereocenters. The standard InChI is InChI=1S/C12H20N2O3S/c1-9-7-18-11(16)14(9)6-4-5-10(15)13-8-12(2,3)17/h7,17H,4-6,8H2,1-3H3,(H,13,15). The molecule has 0 atom stereocenters. The number of amides is 1. The van der Waals surface area contributed by atoms with Gasteiger partial charge in [-0.3, -0.25) is 9.59 Å². The zero-order valence-corrected chi connectivity index (χ0v) is 11.8. The number of hydrogen-bond acceptors (Lipinski definition) is 4. The molecule has 0 fully saturated rings. The highest BCUT2D eigenvalue weighted by Gasteiger charge is 2.13. The molecule has 6 heteroatoms. The second-order valence-corrected chi connectivity index (χ2v) is 5.81. The zero-order chi connectivity index (χ0) is 13.8. The molecule has 2 N–H and O–H groups in total. The van der Waals surface area contributed by atoms with Crippen molar-refractivity contribution in [2.45, 2.75) is 45.8 Å². The van der Waals surface area contributed by atoms with Crippen molar-refractivity contribution in [3.63, 3.8) is 0 Å². The summed E-state index contributed by atoms with van der Waals surface area (Å²) < 4.78 is 1.67. The molecule has 0 aliphatic rings. The quantitative estimate of drug-likeness (QED) is 0.807. The number of aryl methyl sites for hydroxylation is 1. The van der Waals surface area contributed by atoms with Crippen molar-refractivity contribution < 1.29 is 9.90 Å². The molecule has 1 aromatic rings. The second-order valence-electron chi connectivity index (χ2n) is 4.99. The number of carbonyl (C=O) groups excluding carboxylic acids is 1. The lowest BCUT2D eigenvalue weighted by molar-refractivity contribution is -0.122. The van der Waals surface area contributed by atoms with Crippen molar-refractivity contribution in [1.29, 1.82) is 0 Å².